The number of nitrogens with zero attached hydrogens (tertiary/aromatic N) is 4. The number of alkyl halides is 3. The van der Waals surface area contributed by atoms with Crippen LogP contribution in [0.5, 0.6) is 0 Å². The third kappa shape index (κ3) is 4.03. The van der Waals surface area contributed by atoms with Crippen LogP contribution in [0, 0.1) is 6.92 Å². The van der Waals surface area contributed by atoms with Gasteiger partial charge in [0.05, 0.1) is 18.4 Å². The Bertz CT molecular complexity index is 697. The predicted molar refractivity (Wildman–Crippen MR) is 68.6 cm³/mol. The normalized spacial score (nSPS) is 11.7. The van der Waals surface area contributed by atoms with Crippen molar-refractivity contribution in [2.24, 2.45) is 0 Å². The van der Waals surface area contributed by atoms with E-state index in [4.69, 9.17) is 4.52 Å². The summed E-state index contributed by atoms with van der Waals surface area (Å²) in [4.78, 5) is 15.7. The van der Waals surface area contributed by atoms with Gasteiger partial charge in [0.2, 0.25) is 5.89 Å². The Morgan fingerprint density at radius 1 is 1.48 bits per heavy atom. The van der Waals surface area contributed by atoms with Crippen LogP contribution in [0.2, 0.25) is 0 Å². The van der Waals surface area contributed by atoms with Crippen molar-refractivity contribution in [3.63, 3.8) is 0 Å². The summed E-state index contributed by atoms with van der Waals surface area (Å²) >= 11 is 2.95. The minimum Gasteiger partial charge on any atom is -0.375 e. The Morgan fingerprint density at radius 3 is 2.76 bits per heavy atom. The van der Waals surface area contributed by atoms with Crippen LogP contribution in [0.1, 0.15) is 11.7 Å². The van der Waals surface area contributed by atoms with Crippen LogP contribution >= 0.6 is 15.9 Å². The lowest BCUT2D eigenvalue weighted by atomic mass is 10.4. The Morgan fingerprint density at radius 2 is 2.19 bits per heavy atom. The van der Waals surface area contributed by atoms with Crippen molar-refractivity contribution < 1.29 is 17.7 Å². The van der Waals surface area contributed by atoms with Crippen molar-refractivity contribution in [1.29, 1.82) is 0 Å². The molecule has 0 aliphatic carbocycles. The topological polar surface area (TPSA) is 85.8 Å². The predicted octanol–water partition coefficient (Wildman–Crippen LogP) is 1.87. The Kier molecular flexibility index (Phi) is 4.30. The maximum Gasteiger partial charge on any atom is 0.408 e. The first-order chi connectivity index (χ1) is 9.76. The molecule has 0 amide bonds. The molecule has 0 spiro atoms. The molecule has 1 N–H and O–H groups in total. The van der Waals surface area contributed by atoms with E-state index in [0.29, 0.717) is 16.4 Å². The quantitative estimate of drug-likeness (QED) is 0.887. The maximum atomic E-state index is 12.3. The summed E-state index contributed by atoms with van der Waals surface area (Å²) in [7, 11) is 0. The van der Waals surface area contributed by atoms with Crippen LogP contribution in [0.4, 0.5) is 18.9 Å². The first-order valence-electron chi connectivity index (χ1n) is 5.61. The third-order valence-electron chi connectivity index (χ3n) is 2.32. The molecule has 0 saturated heterocycles. The van der Waals surface area contributed by atoms with E-state index in [-0.39, 0.29) is 16.7 Å². The lowest BCUT2D eigenvalue weighted by Crippen LogP contribution is -2.31. The molecule has 2 rings (SSSR count). The van der Waals surface area contributed by atoms with Gasteiger partial charge >= 0.3 is 6.18 Å². The number of nitrogens with one attached hydrogen (secondary N) is 1. The molecule has 0 unspecified atom stereocenters. The van der Waals surface area contributed by atoms with Crippen molar-refractivity contribution in [2.75, 3.05) is 5.32 Å². The largest absolute Gasteiger partial charge is 0.408 e. The zero-order chi connectivity index (χ0) is 15.6. The number of hydrogen-bond donors (Lipinski definition) is 1. The van der Waals surface area contributed by atoms with E-state index in [9.17, 15) is 18.0 Å². The lowest BCUT2D eigenvalue weighted by Gasteiger charge is -2.11. The summed E-state index contributed by atoms with van der Waals surface area (Å²) in [5, 5.41) is 9.89. The molecule has 2 aromatic rings. The Balaban J connectivity index is 2.15. The van der Waals surface area contributed by atoms with Crippen molar-refractivity contribution in [1.82, 2.24) is 19.9 Å². The van der Waals surface area contributed by atoms with Gasteiger partial charge in [-0.1, -0.05) is 5.16 Å². The van der Waals surface area contributed by atoms with Gasteiger partial charge in [-0.15, -0.1) is 0 Å². The van der Waals surface area contributed by atoms with Crippen molar-refractivity contribution >= 4 is 21.6 Å². The number of anilines is 1. The molecule has 0 aromatic carbocycles. The molecule has 21 heavy (non-hydrogen) atoms. The molecule has 2 aromatic heterocycles. The maximum absolute atomic E-state index is 12.3. The summed E-state index contributed by atoms with van der Waals surface area (Å²) < 4.78 is 41.8. The summed E-state index contributed by atoms with van der Waals surface area (Å²) in [6, 6.07) is 0. The van der Waals surface area contributed by atoms with Gasteiger partial charge in [0.15, 0.2) is 5.82 Å². The molecule has 2 heterocycles. The fourth-order valence-electron chi connectivity index (χ4n) is 1.46. The molecular weight excluding hydrogens is 359 g/mol. The summed E-state index contributed by atoms with van der Waals surface area (Å²) in [5.41, 5.74) is -0.650. The molecule has 0 bridgehead atoms. The van der Waals surface area contributed by atoms with Crippen LogP contribution in [-0.2, 0) is 13.1 Å². The van der Waals surface area contributed by atoms with E-state index < -0.39 is 18.3 Å². The van der Waals surface area contributed by atoms with Gasteiger partial charge in [-0.3, -0.25) is 4.79 Å². The molecule has 7 nitrogen and oxygen atoms in total. The highest BCUT2D eigenvalue weighted by Gasteiger charge is 2.29. The van der Waals surface area contributed by atoms with Gasteiger partial charge in [-0.05, 0) is 15.9 Å². The smallest absolute Gasteiger partial charge is 0.375 e. The van der Waals surface area contributed by atoms with Gasteiger partial charge in [-0.25, -0.2) is 4.68 Å². The van der Waals surface area contributed by atoms with E-state index in [2.05, 4.69) is 36.5 Å². The molecule has 0 aliphatic heterocycles. The average Bonchev–Trinajstić information content (AvgIpc) is 2.79. The second kappa shape index (κ2) is 5.84. The van der Waals surface area contributed by atoms with E-state index in [1.807, 2.05) is 0 Å². The van der Waals surface area contributed by atoms with E-state index >= 15 is 0 Å². The lowest BCUT2D eigenvalue weighted by molar-refractivity contribution is -0.143. The van der Waals surface area contributed by atoms with Gasteiger partial charge in [-0.2, -0.15) is 23.3 Å². The second-order valence-corrected chi connectivity index (χ2v) is 4.83. The number of halogens is 4. The molecule has 0 radical (unpaired) electrons. The van der Waals surface area contributed by atoms with Crippen LogP contribution < -0.4 is 10.9 Å². The number of aryl methyl sites for hydroxylation is 1. The fourth-order valence-corrected chi connectivity index (χ4v) is 1.91. The minimum atomic E-state index is -4.52. The van der Waals surface area contributed by atoms with Crippen LogP contribution in [0.3, 0.4) is 0 Å². The molecule has 0 saturated carbocycles. The first kappa shape index (κ1) is 15.5. The van der Waals surface area contributed by atoms with Gasteiger partial charge in [0.25, 0.3) is 5.56 Å². The zero-order valence-corrected chi connectivity index (χ0v) is 12.2. The fraction of sp³-hybridized carbons (Fsp3) is 0.400. The highest BCUT2D eigenvalue weighted by Crippen LogP contribution is 2.19. The van der Waals surface area contributed by atoms with Gasteiger partial charge in [0, 0.05) is 6.92 Å². The molecule has 114 valence electrons. The third-order valence-corrected chi connectivity index (χ3v) is 3.09. The van der Waals surface area contributed by atoms with Gasteiger partial charge < -0.3 is 9.84 Å². The second-order valence-electron chi connectivity index (χ2n) is 4.03. The number of aromatic nitrogens is 4. The monoisotopic (exact) mass is 367 g/mol. The summed E-state index contributed by atoms with van der Waals surface area (Å²) in [6.07, 6.45) is -3.41. The minimum absolute atomic E-state index is 0.0537. The number of hydrogen-bond acceptors (Lipinski definition) is 6. The number of rotatable bonds is 4. The zero-order valence-electron chi connectivity index (χ0n) is 10.6. The Hall–Kier alpha value is -1.91. The average molecular weight is 368 g/mol. The summed E-state index contributed by atoms with van der Waals surface area (Å²) in [5.74, 6) is 0.725. The van der Waals surface area contributed by atoms with Crippen LogP contribution in [-0.4, -0.2) is 26.1 Å². The van der Waals surface area contributed by atoms with Crippen molar-refractivity contribution in [2.45, 2.75) is 26.2 Å². The molecule has 0 atom stereocenters. The van der Waals surface area contributed by atoms with Crippen molar-refractivity contribution in [3.05, 3.63) is 32.7 Å². The summed E-state index contributed by atoms with van der Waals surface area (Å²) in [6.45, 7) is 0.307. The van der Waals surface area contributed by atoms with E-state index in [1.54, 1.807) is 6.92 Å². The van der Waals surface area contributed by atoms with Crippen LogP contribution in [0.25, 0.3) is 0 Å². The highest BCUT2D eigenvalue weighted by molar-refractivity contribution is 9.10. The first-order valence-corrected chi connectivity index (χ1v) is 6.41. The SMILES string of the molecule is Cc1nc(CNc2cnn(CC(F)(F)F)c(=O)c2Br)no1. The standard InChI is InChI=1S/C10H9BrF3N5O2/c1-5-17-7(18-21-5)3-15-6-2-16-19(4-10(12,13)14)9(20)8(6)11/h2,15H,3-4H2,1H3. The van der Waals surface area contributed by atoms with Crippen molar-refractivity contribution in [3.8, 4) is 0 Å². The molecular formula is C10H9BrF3N5O2. The Labute approximate surface area is 124 Å². The molecule has 0 aliphatic rings. The van der Waals surface area contributed by atoms with E-state index in [1.165, 1.54) is 0 Å². The van der Waals surface area contributed by atoms with Gasteiger partial charge in [0.1, 0.15) is 11.0 Å². The van der Waals surface area contributed by atoms with E-state index in [0.717, 1.165) is 6.20 Å². The highest BCUT2D eigenvalue weighted by atomic mass is 79.9. The molecule has 11 heteroatoms. The molecule has 0 fully saturated rings. The van der Waals surface area contributed by atoms with Crippen LogP contribution in [0.15, 0.2) is 20.0 Å².